The van der Waals surface area contributed by atoms with Crippen molar-refractivity contribution in [3.8, 4) is 0 Å². The molecule has 24 heavy (non-hydrogen) atoms. The second kappa shape index (κ2) is 7.51. The molecule has 3 heterocycles. The summed E-state index contributed by atoms with van der Waals surface area (Å²) in [5, 5.41) is 10.4. The number of rotatable bonds is 4. The van der Waals surface area contributed by atoms with Crippen LogP contribution in [0.1, 0.15) is 48.7 Å². The van der Waals surface area contributed by atoms with Gasteiger partial charge < -0.3 is 14.8 Å². The summed E-state index contributed by atoms with van der Waals surface area (Å²) < 4.78 is 1.96. The van der Waals surface area contributed by atoms with Gasteiger partial charge in [-0.05, 0) is 26.7 Å². The maximum atomic E-state index is 12.8. The first-order valence-electron chi connectivity index (χ1n) is 8.68. The zero-order chi connectivity index (χ0) is 16.9. The van der Waals surface area contributed by atoms with Crippen LogP contribution in [-0.4, -0.2) is 43.8 Å². The van der Waals surface area contributed by atoms with Crippen LogP contribution in [0.2, 0.25) is 0 Å². The molecule has 0 spiro atoms. The number of hydrogen-bond acceptors (Lipinski definition) is 3. The third kappa shape index (κ3) is 3.60. The van der Waals surface area contributed by atoms with E-state index in [1.165, 1.54) is 12.0 Å². The van der Waals surface area contributed by atoms with Gasteiger partial charge >= 0.3 is 6.03 Å². The summed E-state index contributed by atoms with van der Waals surface area (Å²) in [5.74, 6) is 0. The molecule has 1 aliphatic rings. The highest BCUT2D eigenvalue weighted by atomic mass is 16.2. The fourth-order valence-corrected chi connectivity index (χ4v) is 3.51. The van der Waals surface area contributed by atoms with Gasteiger partial charge in [-0.15, -0.1) is 0 Å². The Kier molecular flexibility index (Phi) is 5.17. The number of aromatic nitrogens is 4. The number of imidazole rings is 1. The second-order valence-electron chi connectivity index (χ2n) is 6.44. The van der Waals surface area contributed by atoms with Gasteiger partial charge in [0.05, 0.1) is 18.1 Å². The molecule has 7 heteroatoms. The molecule has 1 saturated heterocycles. The topological polar surface area (TPSA) is 78.8 Å². The highest BCUT2D eigenvalue weighted by Gasteiger charge is 2.29. The number of amides is 2. The Balaban J connectivity index is 1.68. The van der Waals surface area contributed by atoms with E-state index < -0.39 is 0 Å². The zero-order valence-corrected chi connectivity index (χ0v) is 14.5. The summed E-state index contributed by atoms with van der Waals surface area (Å²) in [5.41, 5.74) is 3.24. The van der Waals surface area contributed by atoms with E-state index in [0.717, 1.165) is 43.7 Å². The molecule has 0 aromatic carbocycles. The van der Waals surface area contributed by atoms with E-state index in [4.69, 9.17) is 0 Å². The molecule has 7 nitrogen and oxygen atoms in total. The summed E-state index contributed by atoms with van der Waals surface area (Å²) in [7, 11) is 0. The number of likely N-dealkylation sites (tertiary alicyclic amines) is 1. The standard InChI is InChI=1S/C17H26N6O/c1-13-16(14(2)21-20-13)15-6-4-3-5-9-23(15)17(24)19-8-11-22-10-7-18-12-22/h7,10,12,15H,3-6,8-9,11H2,1-2H3,(H,19,24)(H,20,21). The molecule has 1 fully saturated rings. The first kappa shape index (κ1) is 16.5. The van der Waals surface area contributed by atoms with E-state index in [-0.39, 0.29) is 12.1 Å². The zero-order valence-electron chi connectivity index (χ0n) is 14.5. The van der Waals surface area contributed by atoms with Crippen LogP contribution in [-0.2, 0) is 6.54 Å². The lowest BCUT2D eigenvalue weighted by molar-refractivity contribution is 0.175. The average Bonchev–Trinajstić information content (AvgIpc) is 3.11. The van der Waals surface area contributed by atoms with Crippen molar-refractivity contribution in [3.05, 3.63) is 35.7 Å². The first-order chi connectivity index (χ1) is 11.7. The fourth-order valence-electron chi connectivity index (χ4n) is 3.51. The lowest BCUT2D eigenvalue weighted by Gasteiger charge is -2.30. The van der Waals surface area contributed by atoms with Crippen LogP contribution >= 0.6 is 0 Å². The van der Waals surface area contributed by atoms with Gasteiger partial charge in [-0.1, -0.05) is 12.8 Å². The van der Waals surface area contributed by atoms with Gasteiger partial charge in [-0.3, -0.25) is 5.10 Å². The number of carbonyl (C=O) groups is 1. The molecule has 0 aliphatic carbocycles. The van der Waals surface area contributed by atoms with Crippen LogP contribution in [0.25, 0.3) is 0 Å². The molecule has 130 valence electrons. The van der Waals surface area contributed by atoms with Crippen LogP contribution < -0.4 is 5.32 Å². The van der Waals surface area contributed by atoms with Gasteiger partial charge in [0, 0.05) is 43.3 Å². The van der Waals surface area contributed by atoms with Crippen LogP contribution in [0.4, 0.5) is 4.79 Å². The van der Waals surface area contributed by atoms with Gasteiger partial charge in [0.2, 0.25) is 0 Å². The van der Waals surface area contributed by atoms with Crippen molar-refractivity contribution in [1.29, 1.82) is 0 Å². The van der Waals surface area contributed by atoms with Crippen LogP contribution in [0, 0.1) is 13.8 Å². The molecule has 1 unspecified atom stereocenters. The van der Waals surface area contributed by atoms with Crippen molar-refractivity contribution in [3.63, 3.8) is 0 Å². The number of aromatic amines is 1. The predicted octanol–water partition coefficient (Wildman–Crippen LogP) is 2.55. The maximum Gasteiger partial charge on any atom is 0.317 e. The highest BCUT2D eigenvalue weighted by molar-refractivity contribution is 5.74. The van der Waals surface area contributed by atoms with Gasteiger partial charge in [0.15, 0.2) is 0 Å². The highest BCUT2D eigenvalue weighted by Crippen LogP contribution is 2.33. The summed E-state index contributed by atoms with van der Waals surface area (Å²) in [6, 6.07) is 0.126. The van der Waals surface area contributed by atoms with E-state index in [2.05, 4.69) is 20.5 Å². The summed E-state index contributed by atoms with van der Waals surface area (Å²) in [4.78, 5) is 18.8. The van der Waals surface area contributed by atoms with Crippen molar-refractivity contribution in [2.24, 2.45) is 0 Å². The summed E-state index contributed by atoms with van der Waals surface area (Å²) in [6.07, 6.45) is 9.78. The monoisotopic (exact) mass is 330 g/mol. The molecule has 3 rings (SSSR count). The van der Waals surface area contributed by atoms with E-state index in [1.807, 2.05) is 29.5 Å². The first-order valence-corrected chi connectivity index (χ1v) is 8.68. The van der Waals surface area contributed by atoms with Crippen molar-refractivity contribution < 1.29 is 4.79 Å². The van der Waals surface area contributed by atoms with Crippen LogP contribution in [0.3, 0.4) is 0 Å². The summed E-state index contributed by atoms with van der Waals surface area (Å²) >= 11 is 0. The molecular weight excluding hydrogens is 304 g/mol. The quantitative estimate of drug-likeness (QED) is 0.904. The number of urea groups is 1. The molecule has 2 N–H and O–H groups in total. The Morgan fingerprint density at radius 2 is 2.25 bits per heavy atom. The van der Waals surface area contributed by atoms with E-state index >= 15 is 0 Å². The van der Waals surface area contributed by atoms with E-state index in [1.54, 1.807) is 12.5 Å². The van der Waals surface area contributed by atoms with Crippen molar-refractivity contribution in [2.75, 3.05) is 13.1 Å². The largest absolute Gasteiger partial charge is 0.336 e. The molecule has 2 aromatic heterocycles. The van der Waals surface area contributed by atoms with E-state index in [9.17, 15) is 4.79 Å². The third-order valence-electron chi connectivity index (χ3n) is 4.74. The fraction of sp³-hybridized carbons (Fsp3) is 0.588. The molecule has 1 atom stereocenters. The SMILES string of the molecule is Cc1n[nH]c(C)c1C1CCCCCN1C(=O)NCCn1ccnc1. The second-order valence-corrected chi connectivity index (χ2v) is 6.44. The normalized spacial score (nSPS) is 18.4. The van der Waals surface area contributed by atoms with E-state index in [0.29, 0.717) is 6.54 Å². The van der Waals surface area contributed by atoms with Crippen LogP contribution in [0.15, 0.2) is 18.7 Å². The van der Waals surface area contributed by atoms with Gasteiger partial charge in [-0.25, -0.2) is 9.78 Å². The number of aryl methyl sites for hydroxylation is 2. The Morgan fingerprint density at radius 1 is 1.38 bits per heavy atom. The minimum atomic E-state index is 0.0158. The molecular formula is C17H26N6O. The van der Waals surface area contributed by atoms with Gasteiger partial charge in [0.1, 0.15) is 0 Å². The number of hydrogen-bond donors (Lipinski definition) is 2. The number of H-pyrrole nitrogens is 1. The smallest absolute Gasteiger partial charge is 0.317 e. The molecule has 2 amide bonds. The minimum Gasteiger partial charge on any atom is -0.336 e. The maximum absolute atomic E-state index is 12.8. The number of nitrogens with one attached hydrogen (secondary N) is 2. The van der Waals surface area contributed by atoms with Crippen molar-refractivity contribution >= 4 is 6.03 Å². The molecule has 0 radical (unpaired) electrons. The van der Waals surface area contributed by atoms with Gasteiger partial charge in [-0.2, -0.15) is 5.10 Å². The lowest BCUT2D eigenvalue weighted by atomic mass is 9.99. The van der Waals surface area contributed by atoms with Crippen LogP contribution in [0.5, 0.6) is 0 Å². The Hall–Kier alpha value is -2.31. The molecule has 1 aliphatic heterocycles. The average molecular weight is 330 g/mol. The predicted molar refractivity (Wildman–Crippen MR) is 91.6 cm³/mol. The Bertz CT molecular complexity index is 643. The number of carbonyl (C=O) groups excluding carboxylic acids is 1. The Labute approximate surface area is 142 Å². The third-order valence-corrected chi connectivity index (χ3v) is 4.74. The lowest BCUT2D eigenvalue weighted by Crippen LogP contribution is -2.43. The molecule has 0 bridgehead atoms. The van der Waals surface area contributed by atoms with Gasteiger partial charge in [0.25, 0.3) is 0 Å². The van der Waals surface area contributed by atoms with Crippen molar-refractivity contribution in [2.45, 2.75) is 52.1 Å². The number of nitrogens with zero attached hydrogens (tertiary/aromatic N) is 4. The molecule has 2 aromatic rings. The van der Waals surface area contributed by atoms with Crippen molar-refractivity contribution in [1.82, 2.24) is 30.0 Å². The summed E-state index contributed by atoms with van der Waals surface area (Å²) in [6.45, 7) is 6.18. The molecule has 0 saturated carbocycles. The minimum absolute atomic E-state index is 0.0158. The Morgan fingerprint density at radius 3 is 2.96 bits per heavy atom.